The molecule has 0 saturated carbocycles. The average molecular weight is 253 g/mol. The molecule has 5 nitrogen and oxygen atoms in total. The number of imidazole rings is 1. The molecule has 0 aliphatic carbocycles. The molecule has 3 rings (SSSR count). The van der Waals surface area contributed by atoms with E-state index >= 15 is 0 Å². The largest absolute Gasteiger partial charge is 0.476 e. The van der Waals surface area contributed by atoms with E-state index in [0.717, 1.165) is 5.56 Å². The number of nitrogens with zero attached hydrogens (tertiary/aromatic N) is 3. The van der Waals surface area contributed by atoms with Crippen LogP contribution in [-0.4, -0.2) is 25.4 Å². The SMILES string of the molecule is O=C(O)c1nc(Cc2ccccc2)n2cnccc12. The summed E-state index contributed by atoms with van der Waals surface area (Å²) >= 11 is 0. The molecule has 0 spiro atoms. The van der Waals surface area contributed by atoms with Crippen molar-refractivity contribution in [3.8, 4) is 0 Å². The van der Waals surface area contributed by atoms with Gasteiger partial charge in [-0.05, 0) is 11.6 Å². The van der Waals surface area contributed by atoms with Crippen LogP contribution in [-0.2, 0) is 6.42 Å². The van der Waals surface area contributed by atoms with Crippen molar-refractivity contribution in [3.05, 3.63) is 66.0 Å². The molecule has 0 unspecified atom stereocenters. The molecule has 3 aromatic rings. The highest BCUT2D eigenvalue weighted by Crippen LogP contribution is 2.15. The van der Waals surface area contributed by atoms with Crippen LogP contribution in [0.5, 0.6) is 0 Å². The second-order valence-corrected chi connectivity index (χ2v) is 4.18. The summed E-state index contributed by atoms with van der Waals surface area (Å²) in [5.74, 6) is -0.352. The number of carboxylic acids is 1. The first-order valence-corrected chi connectivity index (χ1v) is 5.84. The zero-order valence-electron chi connectivity index (χ0n) is 10.0. The third kappa shape index (κ3) is 2.06. The number of benzene rings is 1. The maximum atomic E-state index is 11.2. The predicted molar refractivity (Wildman–Crippen MR) is 69.2 cm³/mol. The number of aromatic carboxylic acids is 1. The van der Waals surface area contributed by atoms with Gasteiger partial charge in [-0.15, -0.1) is 0 Å². The van der Waals surface area contributed by atoms with Crippen LogP contribution in [0.1, 0.15) is 21.9 Å². The fourth-order valence-electron chi connectivity index (χ4n) is 2.06. The van der Waals surface area contributed by atoms with Crippen molar-refractivity contribution < 1.29 is 9.90 Å². The van der Waals surface area contributed by atoms with Gasteiger partial charge in [0.25, 0.3) is 0 Å². The first kappa shape index (κ1) is 11.4. The Kier molecular flexibility index (Phi) is 2.72. The quantitative estimate of drug-likeness (QED) is 0.775. The van der Waals surface area contributed by atoms with Crippen molar-refractivity contribution >= 4 is 11.5 Å². The van der Waals surface area contributed by atoms with Crippen LogP contribution in [0, 0.1) is 0 Å². The fourth-order valence-corrected chi connectivity index (χ4v) is 2.06. The summed E-state index contributed by atoms with van der Waals surface area (Å²) in [5, 5.41) is 9.17. The van der Waals surface area contributed by atoms with Gasteiger partial charge in [-0.25, -0.2) is 14.8 Å². The van der Waals surface area contributed by atoms with Gasteiger partial charge >= 0.3 is 5.97 Å². The number of hydrogen-bond acceptors (Lipinski definition) is 3. The van der Waals surface area contributed by atoms with Gasteiger partial charge in [-0.3, -0.25) is 4.40 Å². The highest BCUT2D eigenvalue weighted by Gasteiger charge is 2.16. The van der Waals surface area contributed by atoms with Gasteiger partial charge in [-0.1, -0.05) is 30.3 Å². The Morgan fingerprint density at radius 2 is 2.00 bits per heavy atom. The number of fused-ring (bicyclic) bond motifs is 1. The van der Waals surface area contributed by atoms with Crippen LogP contribution in [0.4, 0.5) is 0 Å². The molecule has 1 N–H and O–H groups in total. The monoisotopic (exact) mass is 253 g/mol. The smallest absolute Gasteiger partial charge is 0.356 e. The maximum absolute atomic E-state index is 11.2. The summed E-state index contributed by atoms with van der Waals surface area (Å²) in [7, 11) is 0. The van der Waals surface area contributed by atoms with Gasteiger partial charge in [0.15, 0.2) is 5.69 Å². The van der Waals surface area contributed by atoms with Crippen LogP contribution < -0.4 is 0 Å². The normalized spacial score (nSPS) is 10.7. The molecule has 2 aromatic heterocycles. The highest BCUT2D eigenvalue weighted by atomic mass is 16.4. The molecule has 0 aliphatic rings. The van der Waals surface area contributed by atoms with E-state index in [-0.39, 0.29) is 5.69 Å². The Balaban J connectivity index is 2.11. The topological polar surface area (TPSA) is 67.5 Å². The molecule has 94 valence electrons. The van der Waals surface area contributed by atoms with E-state index in [1.807, 2.05) is 30.3 Å². The van der Waals surface area contributed by atoms with E-state index in [1.165, 1.54) is 0 Å². The summed E-state index contributed by atoms with van der Waals surface area (Å²) < 4.78 is 1.72. The van der Waals surface area contributed by atoms with Crippen molar-refractivity contribution in [2.45, 2.75) is 6.42 Å². The molecular weight excluding hydrogens is 242 g/mol. The Labute approximate surface area is 109 Å². The van der Waals surface area contributed by atoms with Crippen molar-refractivity contribution in [2.24, 2.45) is 0 Å². The Morgan fingerprint density at radius 1 is 1.21 bits per heavy atom. The summed E-state index contributed by atoms with van der Waals surface area (Å²) in [6, 6.07) is 11.5. The average Bonchev–Trinajstić information content (AvgIpc) is 2.79. The van der Waals surface area contributed by atoms with Crippen LogP contribution in [0.3, 0.4) is 0 Å². The molecule has 0 aliphatic heterocycles. The highest BCUT2D eigenvalue weighted by molar-refractivity contribution is 5.93. The van der Waals surface area contributed by atoms with E-state index in [1.54, 1.807) is 23.0 Å². The Bertz CT molecular complexity index is 735. The summed E-state index contributed by atoms with van der Waals surface area (Å²) in [6.45, 7) is 0. The van der Waals surface area contributed by atoms with Crippen LogP contribution in [0.25, 0.3) is 5.52 Å². The molecule has 0 bridgehead atoms. The molecule has 1 aromatic carbocycles. The van der Waals surface area contributed by atoms with Crippen LogP contribution in [0.15, 0.2) is 48.9 Å². The number of carboxylic acid groups (broad SMARTS) is 1. The minimum Gasteiger partial charge on any atom is -0.476 e. The molecular formula is C14H11N3O2. The van der Waals surface area contributed by atoms with Crippen molar-refractivity contribution in [2.75, 3.05) is 0 Å². The first-order chi connectivity index (χ1) is 9.25. The zero-order valence-corrected chi connectivity index (χ0v) is 10.0. The number of rotatable bonds is 3. The lowest BCUT2D eigenvalue weighted by atomic mass is 10.1. The van der Waals surface area contributed by atoms with Gasteiger partial charge in [-0.2, -0.15) is 0 Å². The number of carbonyl (C=O) groups is 1. The molecule has 0 fully saturated rings. The van der Waals surface area contributed by atoms with E-state index in [2.05, 4.69) is 9.97 Å². The molecule has 5 heteroatoms. The molecule has 0 amide bonds. The Hall–Kier alpha value is -2.69. The van der Waals surface area contributed by atoms with Crippen LogP contribution in [0.2, 0.25) is 0 Å². The maximum Gasteiger partial charge on any atom is 0.356 e. The second kappa shape index (κ2) is 4.53. The van der Waals surface area contributed by atoms with E-state index < -0.39 is 5.97 Å². The summed E-state index contributed by atoms with van der Waals surface area (Å²) in [5.41, 5.74) is 1.71. The lowest BCUT2D eigenvalue weighted by Crippen LogP contribution is -1.97. The Morgan fingerprint density at radius 3 is 2.74 bits per heavy atom. The van der Waals surface area contributed by atoms with Gasteiger partial charge < -0.3 is 5.11 Å². The fraction of sp³-hybridized carbons (Fsp3) is 0.0714. The predicted octanol–water partition coefficient (Wildman–Crippen LogP) is 2.02. The third-order valence-electron chi connectivity index (χ3n) is 2.93. The first-order valence-electron chi connectivity index (χ1n) is 5.84. The number of aromatic nitrogens is 3. The molecule has 0 radical (unpaired) electrons. The van der Waals surface area contributed by atoms with Crippen molar-refractivity contribution in [1.29, 1.82) is 0 Å². The van der Waals surface area contributed by atoms with Gasteiger partial charge in [0.1, 0.15) is 12.2 Å². The van der Waals surface area contributed by atoms with Crippen molar-refractivity contribution in [1.82, 2.24) is 14.4 Å². The van der Waals surface area contributed by atoms with Gasteiger partial charge in [0, 0.05) is 12.6 Å². The van der Waals surface area contributed by atoms with Crippen molar-refractivity contribution in [3.63, 3.8) is 0 Å². The molecule has 0 atom stereocenters. The molecule has 2 heterocycles. The summed E-state index contributed by atoms with van der Waals surface area (Å²) in [4.78, 5) is 19.4. The van der Waals surface area contributed by atoms with E-state index in [9.17, 15) is 4.79 Å². The summed E-state index contributed by atoms with van der Waals surface area (Å²) in [6.07, 6.45) is 3.73. The second-order valence-electron chi connectivity index (χ2n) is 4.18. The lowest BCUT2D eigenvalue weighted by Gasteiger charge is -2.00. The molecule has 19 heavy (non-hydrogen) atoms. The molecule has 0 saturated heterocycles. The van der Waals surface area contributed by atoms with Crippen LogP contribution >= 0.6 is 0 Å². The van der Waals surface area contributed by atoms with E-state index in [4.69, 9.17) is 5.11 Å². The minimum atomic E-state index is -1.02. The number of hydrogen-bond donors (Lipinski definition) is 1. The van der Waals surface area contributed by atoms with Gasteiger partial charge in [0.05, 0.1) is 5.52 Å². The van der Waals surface area contributed by atoms with Gasteiger partial charge in [0.2, 0.25) is 0 Å². The van der Waals surface area contributed by atoms with E-state index in [0.29, 0.717) is 17.8 Å². The standard InChI is InChI=1S/C14H11N3O2/c18-14(19)13-11-6-7-15-9-17(11)12(16-13)8-10-4-2-1-3-5-10/h1-7,9H,8H2,(H,18,19). The zero-order chi connectivity index (χ0) is 13.2. The third-order valence-corrected chi connectivity index (χ3v) is 2.93. The minimum absolute atomic E-state index is 0.0633. The lowest BCUT2D eigenvalue weighted by molar-refractivity contribution is 0.0693.